The van der Waals surface area contributed by atoms with E-state index in [2.05, 4.69) is 20.4 Å². The van der Waals surface area contributed by atoms with E-state index in [1.165, 1.54) is 6.07 Å². The fourth-order valence-electron chi connectivity index (χ4n) is 3.94. The van der Waals surface area contributed by atoms with Crippen molar-refractivity contribution in [2.45, 2.75) is 32.7 Å². The summed E-state index contributed by atoms with van der Waals surface area (Å²) in [6.45, 7) is 5.19. The summed E-state index contributed by atoms with van der Waals surface area (Å²) in [5.41, 5.74) is 1.84. The number of hydrogen-bond donors (Lipinski definition) is 1. The van der Waals surface area contributed by atoms with Crippen LogP contribution in [0.25, 0.3) is 11.4 Å². The number of amides is 1. The minimum atomic E-state index is -0.296. The Morgan fingerprint density at radius 3 is 2.72 bits per heavy atom. The van der Waals surface area contributed by atoms with Crippen molar-refractivity contribution in [3.8, 4) is 17.1 Å². The van der Waals surface area contributed by atoms with Crippen molar-refractivity contribution in [2.24, 2.45) is 5.92 Å². The summed E-state index contributed by atoms with van der Waals surface area (Å²) in [6.07, 6.45) is 1.46. The molecule has 0 saturated carbocycles. The second kappa shape index (κ2) is 9.48. The van der Waals surface area contributed by atoms with Gasteiger partial charge in [-0.2, -0.15) is 4.98 Å². The zero-order chi connectivity index (χ0) is 22.7. The van der Waals surface area contributed by atoms with E-state index in [-0.39, 0.29) is 23.7 Å². The molecule has 0 bridgehead atoms. The number of aromatic nitrogens is 2. The molecule has 168 valence electrons. The number of methoxy groups -OCH3 is 1. The van der Waals surface area contributed by atoms with Crippen LogP contribution in [0.1, 0.15) is 37.3 Å². The van der Waals surface area contributed by atoms with Crippen LogP contribution >= 0.6 is 0 Å². The maximum absolute atomic E-state index is 13.9. The van der Waals surface area contributed by atoms with E-state index in [1.807, 2.05) is 31.2 Å². The number of piperidine rings is 1. The van der Waals surface area contributed by atoms with Crippen molar-refractivity contribution >= 4 is 11.6 Å². The molecular formula is C24H27FN4O3. The average Bonchev–Trinajstić information content (AvgIpc) is 3.31. The van der Waals surface area contributed by atoms with Gasteiger partial charge in [-0.05, 0) is 63.5 Å². The number of nitrogens with one attached hydrogen (secondary N) is 1. The molecular weight excluding hydrogens is 411 g/mol. The third-order valence-electron chi connectivity index (χ3n) is 6.04. The normalized spacial score (nSPS) is 16.0. The molecule has 1 saturated heterocycles. The van der Waals surface area contributed by atoms with Gasteiger partial charge in [-0.25, -0.2) is 4.39 Å². The lowest BCUT2D eigenvalue weighted by molar-refractivity contribution is -0.121. The molecule has 1 unspecified atom stereocenters. The molecule has 1 fully saturated rings. The monoisotopic (exact) mass is 438 g/mol. The quantitative estimate of drug-likeness (QED) is 0.606. The highest BCUT2D eigenvalue weighted by atomic mass is 19.1. The molecule has 2 heterocycles. The van der Waals surface area contributed by atoms with Gasteiger partial charge in [0.1, 0.15) is 11.6 Å². The fraction of sp³-hybridized carbons (Fsp3) is 0.375. The summed E-state index contributed by atoms with van der Waals surface area (Å²) in [4.78, 5) is 19.4. The lowest BCUT2D eigenvalue weighted by atomic mass is 9.95. The largest absolute Gasteiger partial charge is 0.495 e. The molecule has 32 heavy (non-hydrogen) atoms. The number of aryl methyl sites for hydroxylation is 1. The zero-order valence-corrected chi connectivity index (χ0v) is 18.5. The minimum absolute atomic E-state index is 0.00303. The number of halogens is 1. The predicted molar refractivity (Wildman–Crippen MR) is 119 cm³/mol. The molecule has 1 amide bonds. The number of hydrogen-bond acceptors (Lipinski definition) is 6. The number of rotatable bonds is 6. The SMILES string of the molecule is COc1ccccc1NC(=O)C1CCN(C(C)c2nc(-c3ccc(C)c(F)c3)no2)CC1. The van der Waals surface area contributed by atoms with E-state index in [0.717, 1.165) is 25.9 Å². The summed E-state index contributed by atoms with van der Waals surface area (Å²) >= 11 is 0. The highest BCUT2D eigenvalue weighted by Crippen LogP contribution is 2.29. The summed E-state index contributed by atoms with van der Waals surface area (Å²) in [7, 11) is 1.59. The molecule has 1 aliphatic heterocycles. The number of nitrogens with zero attached hydrogens (tertiary/aromatic N) is 3. The number of likely N-dealkylation sites (tertiary alicyclic amines) is 1. The Bertz CT molecular complexity index is 1090. The highest BCUT2D eigenvalue weighted by Gasteiger charge is 2.30. The van der Waals surface area contributed by atoms with Crippen molar-refractivity contribution in [1.29, 1.82) is 0 Å². The maximum atomic E-state index is 13.9. The zero-order valence-electron chi connectivity index (χ0n) is 18.5. The van der Waals surface area contributed by atoms with Gasteiger partial charge in [0.2, 0.25) is 17.6 Å². The van der Waals surface area contributed by atoms with Crippen molar-refractivity contribution < 1.29 is 18.4 Å². The summed E-state index contributed by atoms with van der Waals surface area (Å²) in [6, 6.07) is 12.2. The summed E-state index contributed by atoms with van der Waals surface area (Å²) < 4.78 is 24.6. The third-order valence-corrected chi connectivity index (χ3v) is 6.04. The van der Waals surface area contributed by atoms with Gasteiger partial charge in [0.15, 0.2) is 0 Å². The molecule has 0 aliphatic carbocycles. The molecule has 2 aromatic carbocycles. The van der Waals surface area contributed by atoms with E-state index in [1.54, 1.807) is 26.2 Å². The van der Waals surface area contributed by atoms with E-state index in [9.17, 15) is 9.18 Å². The molecule has 1 N–H and O–H groups in total. The first kappa shape index (κ1) is 22.0. The topological polar surface area (TPSA) is 80.5 Å². The van der Waals surface area contributed by atoms with Gasteiger partial charge in [-0.1, -0.05) is 29.4 Å². The summed E-state index contributed by atoms with van der Waals surface area (Å²) in [5, 5.41) is 7.01. The van der Waals surface area contributed by atoms with Gasteiger partial charge >= 0.3 is 0 Å². The Morgan fingerprint density at radius 2 is 2.00 bits per heavy atom. The van der Waals surface area contributed by atoms with Crippen molar-refractivity contribution in [3.63, 3.8) is 0 Å². The van der Waals surface area contributed by atoms with Crippen LogP contribution in [0, 0.1) is 18.7 Å². The van der Waals surface area contributed by atoms with Crippen molar-refractivity contribution in [2.75, 3.05) is 25.5 Å². The maximum Gasteiger partial charge on any atom is 0.244 e. The molecule has 4 rings (SSSR count). The van der Waals surface area contributed by atoms with Crippen LogP contribution in [0.3, 0.4) is 0 Å². The van der Waals surface area contributed by atoms with Gasteiger partial charge in [0, 0.05) is 11.5 Å². The Balaban J connectivity index is 1.35. The lowest BCUT2D eigenvalue weighted by Crippen LogP contribution is -2.39. The Kier molecular flexibility index (Phi) is 6.50. The first-order valence-electron chi connectivity index (χ1n) is 10.7. The van der Waals surface area contributed by atoms with Gasteiger partial charge in [0.25, 0.3) is 0 Å². The van der Waals surface area contributed by atoms with Crippen molar-refractivity contribution in [1.82, 2.24) is 15.0 Å². The Hall–Kier alpha value is -3.26. The number of carbonyl (C=O) groups excluding carboxylic acids is 1. The number of carbonyl (C=O) groups is 1. The molecule has 1 aliphatic rings. The molecule has 0 spiro atoms. The van der Waals surface area contributed by atoms with Gasteiger partial charge in [0.05, 0.1) is 18.8 Å². The number of anilines is 1. The molecule has 1 aromatic heterocycles. The Labute approximate surface area is 186 Å². The van der Waals surface area contributed by atoms with Crippen LogP contribution in [0.5, 0.6) is 5.75 Å². The number of ether oxygens (including phenoxy) is 1. The second-order valence-corrected chi connectivity index (χ2v) is 8.10. The van der Waals surface area contributed by atoms with Crippen molar-refractivity contribution in [3.05, 3.63) is 59.7 Å². The molecule has 0 radical (unpaired) electrons. The first-order chi connectivity index (χ1) is 15.5. The number of para-hydroxylation sites is 2. The number of benzene rings is 2. The van der Waals surface area contributed by atoms with Crippen LogP contribution < -0.4 is 10.1 Å². The standard InChI is InChI=1S/C24H27FN4O3/c1-15-8-9-18(14-19(15)25)22-27-24(32-28-22)16(2)29-12-10-17(11-13-29)23(30)26-20-6-4-5-7-21(20)31-3/h4-9,14,16-17H,10-13H2,1-3H3,(H,26,30). The smallest absolute Gasteiger partial charge is 0.244 e. The first-order valence-corrected chi connectivity index (χ1v) is 10.7. The average molecular weight is 439 g/mol. The third kappa shape index (κ3) is 4.65. The van der Waals surface area contributed by atoms with E-state index in [0.29, 0.717) is 34.3 Å². The lowest BCUT2D eigenvalue weighted by Gasteiger charge is -2.33. The minimum Gasteiger partial charge on any atom is -0.495 e. The molecule has 1 atom stereocenters. The van der Waals surface area contributed by atoms with E-state index < -0.39 is 0 Å². The molecule has 3 aromatic rings. The van der Waals surface area contributed by atoms with Crippen LogP contribution in [-0.4, -0.2) is 41.1 Å². The van der Waals surface area contributed by atoms with E-state index in [4.69, 9.17) is 9.26 Å². The van der Waals surface area contributed by atoms with Crippen LogP contribution in [0.2, 0.25) is 0 Å². The predicted octanol–water partition coefficient (Wildman–Crippen LogP) is 4.60. The van der Waals surface area contributed by atoms with Gasteiger partial charge in [-0.3, -0.25) is 9.69 Å². The fourth-order valence-corrected chi connectivity index (χ4v) is 3.94. The van der Waals surface area contributed by atoms with Crippen LogP contribution in [-0.2, 0) is 4.79 Å². The van der Waals surface area contributed by atoms with Gasteiger partial charge < -0.3 is 14.6 Å². The molecule has 8 heteroatoms. The van der Waals surface area contributed by atoms with Gasteiger partial charge in [-0.15, -0.1) is 0 Å². The summed E-state index contributed by atoms with van der Waals surface area (Å²) in [5.74, 6) is 1.14. The van der Waals surface area contributed by atoms with Crippen LogP contribution in [0.15, 0.2) is 47.0 Å². The highest BCUT2D eigenvalue weighted by molar-refractivity contribution is 5.94. The van der Waals surface area contributed by atoms with Crippen LogP contribution in [0.4, 0.5) is 10.1 Å². The molecule has 7 nitrogen and oxygen atoms in total. The van der Waals surface area contributed by atoms with E-state index >= 15 is 0 Å². The second-order valence-electron chi connectivity index (χ2n) is 8.10. The Morgan fingerprint density at radius 1 is 1.25 bits per heavy atom.